The molecule has 0 amide bonds. The fourth-order valence-corrected chi connectivity index (χ4v) is 1.35. The van der Waals surface area contributed by atoms with Crippen molar-refractivity contribution >= 4 is 17.3 Å². The Kier molecular flexibility index (Phi) is 3.52. The van der Waals surface area contributed by atoms with E-state index in [9.17, 15) is 8.78 Å². The molecule has 0 aliphatic heterocycles. The molecule has 7 heteroatoms. The number of nitrogen functional groups attached to an aromatic ring is 1. The molecule has 2 aromatic rings. The van der Waals surface area contributed by atoms with Crippen LogP contribution in [0.2, 0.25) is 0 Å². The summed E-state index contributed by atoms with van der Waals surface area (Å²) >= 11 is 0. The van der Waals surface area contributed by atoms with Crippen molar-refractivity contribution in [2.45, 2.75) is 6.61 Å². The number of nitrogens with one attached hydrogen (secondary N) is 1. The topological polar surface area (TPSA) is 73.1 Å². The van der Waals surface area contributed by atoms with Gasteiger partial charge in [-0.2, -0.15) is 8.78 Å². The van der Waals surface area contributed by atoms with Gasteiger partial charge < -0.3 is 15.8 Å². The standard InChI is InChI=1S/C11H10F2N4O/c12-11(13)18-8-4-2-1-3-7(8)17-10-5-9(14)15-6-16-10/h1-6,11H,(H3,14,15,16,17). The summed E-state index contributed by atoms with van der Waals surface area (Å²) in [7, 11) is 0. The summed E-state index contributed by atoms with van der Waals surface area (Å²) in [4.78, 5) is 7.64. The van der Waals surface area contributed by atoms with Crippen LogP contribution in [-0.4, -0.2) is 16.6 Å². The van der Waals surface area contributed by atoms with Crippen molar-refractivity contribution in [3.8, 4) is 5.75 Å². The second-order valence-electron chi connectivity index (χ2n) is 3.33. The number of hydrogen-bond donors (Lipinski definition) is 2. The first-order valence-corrected chi connectivity index (χ1v) is 5.03. The molecule has 1 heterocycles. The molecule has 0 saturated carbocycles. The molecule has 0 aliphatic carbocycles. The normalized spacial score (nSPS) is 10.4. The molecule has 2 rings (SSSR count). The van der Waals surface area contributed by atoms with Crippen molar-refractivity contribution < 1.29 is 13.5 Å². The molecular weight excluding hydrogens is 242 g/mol. The van der Waals surface area contributed by atoms with Crippen molar-refractivity contribution in [3.05, 3.63) is 36.7 Å². The molecule has 0 spiro atoms. The fraction of sp³-hybridized carbons (Fsp3) is 0.0909. The zero-order valence-corrected chi connectivity index (χ0v) is 9.18. The van der Waals surface area contributed by atoms with Crippen molar-refractivity contribution in [2.24, 2.45) is 0 Å². The summed E-state index contributed by atoms with van der Waals surface area (Å²) in [6.07, 6.45) is 1.27. The second kappa shape index (κ2) is 5.26. The number of halogens is 2. The smallest absolute Gasteiger partial charge is 0.387 e. The van der Waals surface area contributed by atoms with Gasteiger partial charge in [0.2, 0.25) is 0 Å². The van der Waals surface area contributed by atoms with Gasteiger partial charge >= 0.3 is 6.61 Å². The first kappa shape index (κ1) is 12.0. The van der Waals surface area contributed by atoms with Crippen LogP contribution >= 0.6 is 0 Å². The predicted molar refractivity (Wildman–Crippen MR) is 62.8 cm³/mol. The number of nitrogens with zero attached hydrogens (tertiary/aromatic N) is 2. The SMILES string of the molecule is Nc1cc(Nc2ccccc2OC(F)F)ncn1. The van der Waals surface area contributed by atoms with Crippen LogP contribution < -0.4 is 15.8 Å². The molecule has 0 radical (unpaired) electrons. The highest BCUT2D eigenvalue weighted by molar-refractivity contribution is 5.64. The summed E-state index contributed by atoms with van der Waals surface area (Å²) < 4.78 is 28.8. The summed E-state index contributed by atoms with van der Waals surface area (Å²) in [5.74, 6) is 0.706. The highest BCUT2D eigenvalue weighted by Crippen LogP contribution is 2.28. The predicted octanol–water partition coefficient (Wildman–Crippen LogP) is 2.40. The Hall–Kier alpha value is -2.44. The Balaban J connectivity index is 2.23. The molecule has 0 aliphatic rings. The molecule has 0 fully saturated rings. The van der Waals surface area contributed by atoms with Crippen LogP contribution in [-0.2, 0) is 0 Å². The van der Waals surface area contributed by atoms with Crippen LogP contribution in [0.1, 0.15) is 0 Å². The van der Waals surface area contributed by atoms with Gasteiger partial charge in [-0.3, -0.25) is 0 Å². The van der Waals surface area contributed by atoms with Gasteiger partial charge in [0.05, 0.1) is 5.69 Å². The Morgan fingerprint density at radius 2 is 2.00 bits per heavy atom. The van der Waals surface area contributed by atoms with Gasteiger partial charge in [0, 0.05) is 6.07 Å². The number of alkyl halides is 2. The first-order chi connectivity index (χ1) is 8.65. The number of hydrogen-bond acceptors (Lipinski definition) is 5. The lowest BCUT2D eigenvalue weighted by atomic mass is 10.3. The van der Waals surface area contributed by atoms with E-state index in [1.165, 1.54) is 18.5 Å². The lowest BCUT2D eigenvalue weighted by molar-refractivity contribution is -0.0493. The summed E-state index contributed by atoms with van der Waals surface area (Å²) in [6, 6.07) is 7.79. The van der Waals surface area contributed by atoms with Gasteiger partial charge in [0.1, 0.15) is 23.7 Å². The first-order valence-electron chi connectivity index (χ1n) is 5.03. The quantitative estimate of drug-likeness (QED) is 0.874. The monoisotopic (exact) mass is 252 g/mol. The Labute approximate surface area is 102 Å². The number of para-hydroxylation sites is 2. The van der Waals surface area contributed by atoms with Gasteiger partial charge in [0.15, 0.2) is 0 Å². The third-order valence-electron chi connectivity index (χ3n) is 2.05. The molecule has 3 N–H and O–H groups in total. The van der Waals surface area contributed by atoms with Crippen LogP contribution in [0.4, 0.5) is 26.1 Å². The van der Waals surface area contributed by atoms with E-state index in [2.05, 4.69) is 20.0 Å². The number of benzene rings is 1. The maximum atomic E-state index is 12.2. The minimum absolute atomic E-state index is 0.0321. The minimum Gasteiger partial charge on any atom is -0.433 e. The van der Waals surface area contributed by atoms with Crippen molar-refractivity contribution in [3.63, 3.8) is 0 Å². The largest absolute Gasteiger partial charge is 0.433 e. The molecule has 94 valence electrons. The van der Waals surface area contributed by atoms with E-state index in [1.54, 1.807) is 18.2 Å². The Morgan fingerprint density at radius 3 is 2.72 bits per heavy atom. The third-order valence-corrected chi connectivity index (χ3v) is 2.05. The molecule has 5 nitrogen and oxygen atoms in total. The van der Waals surface area contributed by atoms with E-state index < -0.39 is 6.61 Å². The van der Waals surface area contributed by atoms with Gasteiger partial charge in [0.25, 0.3) is 0 Å². The van der Waals surface area contributed by atoms with Gasteiger partial charge in [-0.05, 0) is 12.1 Å². The summed E-state index contributed by atoms with van der Waals surface area (Å²) in [6.45, 7) is -2.89. The van der Waals surface area contributed by atoms with E-state index in [0.717, 1.165) is 0 Å². The molecule has 0 atom stereocenters. The van der Waals surface area contributed by atoms with Crippen molar-refractivity contribution in [2.75, 3.05) is 11.1 Å². The zero-order valence-electron chi connectivity index (χ0n) is 9.18. The van der Waals surface area contributed by atoms with Gasteiger partial charge in [-0.1, -0.05) is 12.1 Å². The van der Waals surface area contributed by atoms with E-state index in [1.807, 2.05) is 0 Å². The number of nitrogens with two attached hydrogens (primary N) is 1. The third kappa shape index (κ3) is 3.03. The zero-order chi connectivity index (χ0) is 13.0. The molecule has 1 aromatic carbocycles. The number of ether oxygens (including phenoxy) is 1. The highest BCUT2D eigenvalue weighted by Gasteiger charge is 2.09. The van der Waals surface area contributed by atoms with E-state index in [4.69, 9.17) is 5.73 Å². The number of aromatic nitrogens is 2. The summed E-state index contributed by atoms with van der Waals surface area (Å²) in [5.41, 5.74) is 5.86. The maximum Gasteiger partial charge on any atom is 0.387 e. The van der Waals surface area contributed by atoms with Gasteiger partial charge in [-0.25, -0.2) is 9.97 Å². The second-order valence-corrected chi connectivity index (χ2v) is 3.33. The number of anilines is 3. The number of rotatable bonds is 4. The molecule has 18 heavy (non-hydrogen) atoms. The lowest BCUT2D eigenvalue weighted by Gasteiger charge is -2.11. The average Bonchev–Trinajstić information content (AvgIpc) is 2.31. The molecule has 0 bridgehead atoms. The van der Waals surface area contributed by atoms with Crippen LogP contribution in [0.5, 0.6) is 5.75 Å². The van der Waals surface area contributed by atoms with Crippen LogP contribution in [0, 0.1) is 0 Å². The Bertz CT molecular complexity index is 536. The maximum absolute atomic E-state index is 12.2. The highest BCUT2D eigenvalue weighted by atomic mass is 19.3. The molecule has 1 aromatic heterocycles. The minimum atomic E-state index is -2.89. The lowest BCUT2D eigenvalue weighted by Crippen LogP contribution is -2.05. The average molecular weight is 252 g/mol. The van der Waals surface area contributed by atoms with Crippen molar-refractivity contribution in [1.29, 1.82) is 0 Å². The van der Waals surface area contributed by atoms with Crippen molar-refractivity contribution in [1.82, 2.24) is 9.97 Å². The summed E-state index contributed by atoms with van der Waals surface area (Å²) in [5, 5.41) is 2.83. The van der Waals surface area contributed by atoms with E-state index in [-0.39, 0.29) is 11.6 Å². The van der Waals surface area contributed by atoms with Crippen LogP contribution in [0.15, 0.2) is 36.7 Å². The van der Waals surface area contributed by atoms with Crippen LogP contribution in [0.25, 0.3) is 0 Å². The molecule has 0 saturated heterocycles. The molecule has 0 unspecified atom stereocenters. The Morgan fingerprint density at radius 1 is 1.22 bits per heavy atom. The fourth-order valence-electron chi connectivity index (χ4n) is 1.35. The molecular formula is C11H10F2N4O. The van der Waals surface area contributed by atoms with Gasteiger partial charge in [-0.15, -0.1) is 0 Å². The van der Waals surface area contributed by atoms with E-state index >= 15 is 0 Å². The van der Waals surface area contributed by atoms with E-state index in [0.29, 0.717) is 11.5 Å². The van der Waals surface area contributed by atoms with Crippen LogP contribution in [0.3, 0.4) is 0 Å².